The van der Waals surface area contributed by atoms with Gasteiger partial charge in [0.05, 0.1) is 11.4 Å². The number of aromatic nitrogens is 2. The van der Waals surface area contributed by atoms with Gasteiger partial charge in [-0.1, -0.05) is 26.0 Å². The van der Waals surface area contributed by atoms with Gasteiger partial charge in [0.1, 0.15) is 9.71 Å². The first-order valence-electron chi connectivity index (χ1n) is 9.57. The van der Waals surface area contributed by atoms with E-state index in [1.807, 2.05) is 36.4 Å². The van der Waals surface area contributed by atoms with Crippen molar-refractivity contribution in [2.24, 2.45) is 0 Å². The summed E-state index contributed by atoms with van der Waals surface area (Å²) in [6.07, 6.45) is 4.54. The summed E-state index contributed by atoms with van der Waals surface area (Å²) < 4.78 is 0. The predicted octanol–water partition coefficient (Wildman–Crippen LogP) is 5.71. The molecule has 3 N–H and O–H groups in total. The van der Waals surface area contributed by atoms with Crippen LogP contribution in [0.15, 0.2) is 60.9 Å². The molecule has 6 heteroatoms. The smallest absolute Gasteiger partial charge is 0.267 e. The molecular weight excluding hydrogens is 380 g/mol. The third-order valence-electron chi connectivity index (χ3n) is 5.13. The minimum Gasteiger partial charge on any atom is -0.397 e. The number of carbonyl (C=O) groups is 1. The molecule has 0 saturated carbocycles. The Balaban J connectivity index is 1.60. The van der Waals surface area contributed by atoms with Crippen LogP contribution in [0.1, 0.15) is 41.4 Å². The number of nitrogen functional groups attached to an aromatic ring is 1. The van der Waals surface area contributed by atoms with Gasteiger partial charge in [-0.3, -0.25) is 9.78 Å². The Morgan fingerprint density at radius 2 is 1.83 bits per heavy atom. The number of anilines is 2. The number of rotatable bonds is 5. The number of hydrogen-bond acceptors (Lipinski definition) is 5. The second-order valence-electron chi connectivity index (χ2n) is 7.02. The Labute approximate surface area is 173 Å². The third kappa shape index (κ3) is 3.84. The number of benzene rings is 1. The van der Waals surface area contributed by atoms with Crippen LogP contribution in [-0.4, -0.2) is 15.9 Å². The molecule has 5 nitrogen and oxygen atoms in total. The molecule has 0 spiro atoms. The molecule has 3 aromatic heterocycles. The van der Waals surface area contributed by atoms with Gasteiger partial charge < -0.3 is 11.1 Å². The zero-order chi connectivity index (χ0) is 20.4. The van der Waals surface area contributed by atoms with Gasteiger partial charge in [-0.25, -0.2) is 4.98 Å². The number of nitrogens with two attached hydrogens (primary N) is 1. The lowest BCUT2D eigenvalue weighted by Crippen LogP contribution is -2.12. The van der Waals surface area contributed by atoms with Crippen LogP contribution in [0.5, 0.6) is 0 Å². The molecular formula is C23H22N4OS. The second kappa shape index (κ2) is 8.01. The first kappa shape index (κ1) is 19.1. The number of nitrogens with zero attached hydrogens (tertiary/aromatic N) is 2. The number of amides is 1. The van der Waals surface area contributed by atoms with Crippen molar-refractivity contribution in [3.63, 3.8) is 0 Å². The van der Waals surface area contributed by atoms with E-state index in [1.54, 1.807) is 12.4 Å². The van der Waals surface area contributed by atoms with Crippen molar-refractivity contribution in [1.29, 1.82) is 0 Å². The molecule has 0 bridgehead atoms. The Bertz CT molecular complexity index is 1150. The minimum atomic E-state index is -0.216. The largest absolute Gasteiger partial charge is 0.397 e. The van der Waals surface area contributed by atoms with Gasteiger partial charge in [0, 0.05) is 29.0 Å². The van der Waals surface area contributed by atoms with E-state index in [-0.39, 0.29) is 5.91 Å². The van der Waals surface area contributed by atoms with Gasteiger partial charge in [-0.05, 0) is 54.3 Å². The lowest BCUT2D eigenvalue weighted by molar-refractivity contribution is 0.103. The molecule has 1 aromatic carbocycles. The van der Waals surface area contributed by atoms with Crippen LogP contribution in [0.4, 0.5) is 11.4 Å². The van der Waals surface area contributed by atoms with Gasteiger partial charge in [-0.15, -0.1) is 11.3 Å². The summed E-state index contributed by atoms with van der Waals surface area (Å²) in [5.41, 5.74) is 10.5. The Morgan fingerprint density at radius 3 is 2.52 bits per heavy atom. The van der Waals surface area contributed by atoms with Crippen molar-refractivity contribution >= 4 is 38.8 Å². The normalized spacial score (nSPS) is 12.1. The molecule has 0 radical (unpaired) electrons. The second-order valence-corrected chi connectivity index (χ2v) is 8.01. The summed E-state index contributed by atoms with van der Waals surface area (Å²) in [4.78, 5) is 22.8. The van der Waals surface area contributed by atoms with Crippen LogP contribution in [0.2, 0.25) is 0 Å². The monoisotopic (exact) mass is 402 g/mol. The predicted molar refractivity (Wildman–Crippen MR) is 120 cm³/mol. The summed E-state index contributed by atoms with van der Waals surface area (Å²) in [5.74, 6) is 0.283. The molecule has 146 valence electrons. The van der Waals surface area contributed by atoms with Crippen molar-refractivity contribution in [2.45, 2.75) is 26.2 Å². The number of nitrogens with one attached hydrogen (secondary N) is 1. The zero-order valence-electron chi connectivity index (χ0n) is 16.3. The highest BCUT2D eigenvalue weighted by atomic mass is 32.1. The van der Waals surface area contributed by atoms with Crippen LogP contribution >= 0.6 is 11.3 Å². The minimum absolute atomic E-state index is 0.216. The molecule has 29 heavy (non-hydrogen) atoms. The van der Waals surface area contributed by atoms with Crippen molar-refractivity contribution < 1.29 is 4.79 Å². The van der Waals surface area contributed by atoms with Gasteiger partial charge in [0.2, 0.25) is 0 Å². The van der Waals surface area contributed by atoms with E-state index in [0.29, 0.717) is 16.5 Å². The van der Waals surface area contributed by atoms with E-state index in [9.17, 15) is 4.79 Å². The maximum Gasteiger partial charge on any atom is 0.267 e. The van der Waals surface area contributed by atoms with Crippen molar-refractivity contribution in [3.8, 4) is 11.3 Å². The molecule has 3 heterocycles. The van der Waals surface area contributed by atoms with Crippen molar-refractivity contribution in [2.75, 3.05) is 11.1 Å². The number of fused-ring (bicyclic) bond motifs is 1. The van der Waals surface area contributed by atoms with Gasteiger partial charge in [0.25, 0.3) is 5.91 Å². The molecule has 0 aliphatic heterocycles. The number of pyridine rings is 2. The molecule has 0 fully saturated rings. The molecule has 0 saturated heterocycles. The molecule has 0 aliphatic carbocycles. The Hall–Kier alpha value is -3.25. The number of carbonyl (C=O) groups excluding carboxylic acids is 1. The molecule has 1 unspecified atom stereocenters. The Kier molecular flexibility index (Phi) is 5.27. The zero-order valence-corrected chi connectivity index (χ0v) is 17.2. The van der Waals surface area contributed by atoms with E-state index in [4.69, 9.17) is 5.73 Å². The van der Waals surface area contributed by atoms with Crippen LogP contribution in [0.3, 0.4) is 0 Å². The van der Waals surface area contributed by atoms with Gasteiger partial charge in [0.15, 0.2) is 0 Å². The fraction of sp³-hybridized carbons (Fsp3) is 0.174. The van der Waals surface area contributed by atoms with E-state index in [0.717, 1.165) is 33.6 Å². The third-order valence-corrected chi connectivity index (χ3v) is 6.24. The summed E-state index contributed by atoms with van der Waals surface area (Å²) in [6.45, 7) is 4.36. The first-order chi connectivity index (χ1) is 14.1. The van der Waals surface area contributed by atoms with Crippen LogP contribution in [0, 0.1) is 0 Å². The van der Waals surface area contributed by atoms with Crippen LogP contribution in [0.25, 0.3) is 21.5 Å². The standard InChI is InChI=1S/C23H22N4OS/c1-3-14(2)15-4-6-17(7-5-15)26-22(28)21-20(24)18-8-9-19(27-23(18)29-21)16-10-12-25-13-11-16/h4-14H,3,24H2,1-2H3,(H,26,28). The van der Waals surface area contributed by atoms with E-state index >= 15 is 0 Å². The number of hydrogen-bond donors (Lipinski definition) is 2. The summed E-state index contributed by atoms with van der Waals surface area (Å²) in [5, 5.41) is 3.74. The maximum atomic E-state index is 12.8. The van der Waals surface area contributed by atoms with E-state index < -0.39 is 0 Å². The lowest BCUT2D eigenvalue weighted by atomic mass is 9.99. The summed E-state index contributed by atoms with van der Waals surface area (Å²) in [6, 6.07) is 15.6. The highest BCUT2D eigenvalue weighted by molar-refractivity contribution is 7.21. The average Bonchev–Trinajstić information content (AvgIpc) is 3.10. The highest BCUT2D eigenvalue weighted by Gasteiger charge is 2.18. The fourth-order valence-electron chi connectivity index (χ4n) is 3.17. The molecule has 1 amide bonds. The van der Waals surface area contributed by atoms with Crippen LogP contribution in [-0.2, 0) is 0 Å². The van der Waals surface area contributed by atoms with E-state index in [2.05, 4.69) is 41.3 Å². The van der Waals surface area contributed by atoms with Crippen molar-refractivity contribution in [3.05, 3.63) is 71.4 Å². The first-order valence-corrected chi connectivity index (χ1v) is 10.4. The summed E-state index contributed by atoms with van der Waals surface area (Å²) >= 11 is 1.31. The summed E-state index contributed by atoms with van der Waals surface area (Å²) in [7, 11) is 0. The van der Waals surface area contributed by atoms with Crippen molar-refractivity contribution in [1.82, 2.24) is 9.97 Å². The highest BCUT2D eigenvalue weighted by Crippen LogP contribution is 2.34. The van der Waals surface area contributed by atoms with Crippen LogP contribution < -0.4 is 11.1 Å². The molecule has 1 atom stereocenters. The lowest BCUT2D eigenvalue weighted by Gasteiger charge is -2.10. The fourth-order valence-corrected chi connectivity index (χ4v) is 4.16. The van der Waals surface area contributed by atoms with Gasteiger partial charge >= 0.3 is 0 Å². The Morgan fingerprint density at radius 1 is 1.10 bits per heavy atom. The quantitative estimate of drug-likeness (QED) is 0.448. The number of thiophene rings is 1. The molecule has 0 aliphatic rings. The molecule has 4 aromatic rings. The average molecular weight is 403 g/mol. The SMILES string of the molecule is CCC(C)c1ccc(NC(=O)c2sc3nc(-c4ccncc4)ccc3c2N)cc1. The van der Waals surface area contributed by atoms with E-state index in [1.165, 1.54) is 16.9 Å². The maximum absolute atomic E-state index is 12.8. The molecule has 4 rings (SSSR count). The topological polar surface area (TPSA) is 80.9 Å². The van der Waals surface area contributed by atoms with Gasteiger partial charge in [-0.2, -0.15) is 0 Å².